The lowest BCUT2D eigenvalue weighted by Gasteiger charge is -2.17. The maximum atomic E-state index is 12.8. The van der Waals surface area contributed by atoms with Gasteiger partial charge in [0.25, 0.3) is 0 Å². The molecular weight excluding hydrogens is 339 g/mol. The molecule has 0 bridgehead atoms. The van der Waals surface area contributed by atoms with Crippen molar-refractivity contribution in [3.63, 3.8) is 0 Å². The lowest BCUT2D eigenvalue weighted by molar-refractivity contribution is -0.138. The molecule has 0 radical (unpaired) electrons. The van der Waals surface area contributed by atoms with Gasteiger partial charge in [-0.15, -0.1) is 0 Å². The summed E-state index contributed by atoms with van der Waals surface area (Å²) >= 11 is 2.83. The minimum atomic E-state index is -4.78. The van der Waals surface area contributed by atoms with E-state index in [0.717, 1.165) is 19.1 Å². The Morgan fingerprint density at radius 1 is 1.32 bits per heavy atom. The summed E-state index contributed by atoms with van der Waals surface area (Å²) in [6.45, 7) is -2.11. The molecule has 0 aliphatic heterocycles. The Bertz CT molecular complexity index is 473. The van der Waals surface area contributed by atoms with Gasteiger partial charge < -0.3 is 4.74 Å². The maximum Gasteiger partial charge on any atom is 0.416 e. The molecule has 1 unspecified atom stereocenters. The molecule has 0 spiro atoms. The SMILES string of the molecule is CC(=O)C(Br)c1ccc(OC(F)F)cc1C(F)(F)F. The molecule has 0 aromatic heterocycles. The smallest absolute Gasteiger partial charge is 0.416 e. The topological polar surface area (TPSA) is 26.3 Å². The van der Waals surface area contributed by atoms with Crippen molar-refractivity contribution in [1.82, 2.24) is 0 Å². The van der Waals surface area contributed by atoms with Crippen LogP contribution in [0.3, 0.4) is 0 Å². The average molecular weight is 347 g/mol. The maximum absolute atomic E-state index is 12.8. The standard InChI is InChI=1S/C11H8BrF5O2/c1-5(18)9(12)7-3-2-6(19-10(13)14)4-8(7)11(15,16)17/h2-4,9-10H,1H3. The van der Waals surface area contributed by atoms with Crippen LogP contribution in [0.1, 0.15) is 22.9 Å². The predicted molar refractivity (Wildman–Crippen MR) is 60.4 cm³/mol. The molecule has 0 heterocycles. The second-order valence-electron chi connectivity index (χ2n) is 3.60. The third kappa shape index (κ3) is 4.15. The van der Waals surface area contributed by atoms with Gasteiger partial charge in [-0.1, -0.05) is 22.0 Å². The number of carbonyl (C=O) groups excluding carboxylic acids is 1. The first-order valence-electron chi connectivity index (χ1n) is 4.93. The van der Waals surface area contributed by atoms with Gasteiger partial charge in [0.15, 0.2) is 0 Å². The van der Waals surface area contributed by atoms with Crippen molar-refractivity contribution >= 4 is 21.7 Å². The number of alkyl halides is 6. The number of carbonyl (C=O) groups is 1. The summed E-state index contributed by atoms with van der Waals surface area (Å²) in [7, 11) is 0. The lowest BCUT2D eigenvalue weighted by Crippen LogP contribution is -2.14. The number of Topliss-reactive ketones (excluding diaryl/α,β-unsaturated/α-hetero) is 1. The quantitative estimate of drug-likeness (QED) is 0.599. The first-order valence-corrected chi connectivity index (χ1v) is 5.85. The minimum Gasteiger partial charge on any atom is -0.435 e. The van der Waals surface area contributed by atoms with Crippen molar-refractivity contribution < 1.29 is 31.5 Å². The second kappa shape index (κ2) is 5.85. The lowest BCUT2D eigenvalue weighted by atomic mass is 10.0. The van der Waals surface area contributed by atoms with E-state index in [0.29, 0.717) is 6.07 Å². The fraction of sp³-hybridized carbons (Fsp3) is 0.364. The Balaban J connectivity index is 3.29. The molecule has 0 aliphatic carbocycles. The number of ketones is 1. The summed E-state index contributed by atoms with van der Waals surface area (Å²) in [4.78, 5) is 9.96. The molecule has 19 heavy (non-hydrogen) atoms. The number of halogens is 6. The van der Waals surface area contributed by atoms with E-state index in [-0.39, 0.29) is 5.56 Å². The zero-order valence-electron chi connectivity index (χ0n) is 9.47. The van der Waals surface area contributed by atoms with Crippen LogP contribution in [0.25, 0.3) is 0 Å². The number of benzene rings is 1. The summed E-state index contributed by atoms with van der Waals surface area (Å²) in [5, 5.41) is 0. The van der Waals surface area contributed by atoms with Crippen LogP contribution in [0.2, 0.25) is 0 Å². The van der Waals surface area contributed by atoms with Gasteiger partial charge in [0.2, 0.25) is 0 Å². The molecule has 0 N–H and O–H groups in total. The summed E-state index contributed by atoms with van der Waals surface area (Å²) < 4.78 is 66.3. The van der Waals surface area contributed by atoms with Gasteiger partial charge in [-0.3, -0.25) is 4.79 Å². The first kappa shape index (κ1) is 15.9. The summed E-state index contributed by atoms with van der Waals surface area (Å²) in [6.07, 6.45) is -4.78. The van der Waals surface area contributed by atoms with E-state index in [1.807, 2.05) is 0 Å². The van der Waals surface area contributed by atoms with Crippen LogP contribution in [0.4, 0.5) is 22.0 Å². The van der Waals surface area contributed by atoms with Crippen LogP contribution in [0, 0.1) is 0 Å². The van der Waals surface area contributed by atoms with Crippen LogP contribution in [-0.2, 0) is 11.0 Å². The van der Waals surface area contributed by atoms with E-state index in [1.54, 1.807) is 0 Å². The van der Waals surface area contributed by atoms with Crippen molar-refractivity contribution in [3.05, 3.63) is 29.3 Å². The summed E-state index contributed by atoms with van der Waals surface area (Å²) in [5.41, 5.74) is -1.54. The second-order valence-corrected chi connectivity index (χ2v) is 4.51. The van der Waals surface area contributed by atoms with Crippen LogP contribution >= 0.6 is 15.9 Å². The Morgan fingerprint density at radius 2 is 1.89 bits per heavy atom. The molecule has 0 fully saturated rings. The van der Waals surface area contributed by atoms with Crippen molar-refractivity contribution in [2.45, 2.75) is 24.5 Å². The number of rotatable bonds is 4. The number of hydrogen-bond donors (Lipinski definition) is 0. The molecule has 0 saturated carbocycles. The highest BCUT2D eigenvalue weighted by molar-refractivity contribution is 9.09. The van der Waals surface area contributed by atoms with Crippen molar-refractivity contribution in [2.24, 2.45) is 0 Å². The molecule has 2 nitrogen and oxygen atoms in total. The van der Waals surface area contributed by atoms with Gasteiger partial charge in [-0.25, -0.2) is 0 Å². The highest BCUT2D eigenvalue weighted by Gasteiger charge is 2.36. The first-order chi connectivity index (χ1) is 8.62. The van der Waals surface area contributed by atoms with Crippen LogP contribution in [0.5, 0.6) is 5.75 Å². The largest absolute Gasteiger partial charge is 0.435 e. The average Bonchev–Trinajstić information content (AvgIpc) is 2.25. The zero-order chi connectivity index (χ0) is 14.8. The van der Waals surface area contributed by atoms with Gasteiger partial charge in [0, 0.05) is 0 Å². The Hall–Kier alpha value is -1.18. The Morgan fingerprint density at radius 3 is 2.32 bits per heavy atom. The molecule has 0 saturated heterocycles. The summed E-state index contributed by atoms with van der Waals surface area (Å²) in [5.74, 6) is -1.15. The fourth-order valence-electron chi connectivity index (χ4n) is 1.40. The molecule has 1 atom stereocenters. The van der Waals surface area contributed by atoms with Gasteiger partial charge in [-0.05, 0) is 24.6 Å². The van der Waals surface area contributed by atoms with Crippen LogP contribution in [-0.4, -0.2) is 12.4 Å². The van der Waals surface area contributed by atoms with Gasteiger partial charge >= 0.3 is 12.8 Å². The number of hydrogen-bond acceptors (Lipinski definition) is 2. The highest BCUT2D eigenvalue weighted by Crippen LogP contribution is 2.39. The van der Waals surface area contributed by atoms with Gasteiger partial charge in [-0.2, -0.15) is 22.0 Å². The molecular formula is C11H8BrF5O2. The Kier molecular flexibility index (Phi) is 4.89. The highest BCUT2D eigenvalue weighted by atomic mass is 79.9. The third-order valence-corrected chi connectivity index (χ3v) is 3.32. The zero-order valence-corrected chi connectivity index (χ0v) is 11.1. The van der Waals surface area contributed by atoms with E-state index < -0.39 is 34.7 Å². The third-order valence-electron chi connectivity index (χ3n) is 2.19. The predicted octanol–water partition coefficient (Wildman–Crippen LogP) is 4.33. The van der Waals surface area contributed by atoms with E-state index in [9.17, 15) is 26.7 Å². The van der Waals surface area contributed by atoms with Crippen molar-refractivity contribution in [1.29, 1.82) is 0 Å². The van der Waals surface area contributed by atoms with Crippen LogP contribution in [0.15, 0.2) is 18.2 Å². The Labute approximate surface area is 113 Å². The monoisotopic (exact) mass is 346 g/mol. The van der Waals surface area contributed by atoms with Crippen molar-refractivity contribution in [2.75, 3.05) is 0 Å². The van der Waals surface area contributed by atoms with E-state index in [2.05, 4.69) is 20.7 Å². The van der Waals surface area contributed by atoms with Crippen molar-refractivity contribution in [3.8, 4) is 5.75 Å². The van der Waals surface area contributed by atoms with E-state index >= 15 is 0 Å². The van der Waals surface area contributed by atoms with E-state index in [1.165, 1.54) is 0 Å². The molecule has 1 aromatic rings. The summed E-state index contributed by atoms with van der Waals surface area (Å²) in [6, 6.07) is 2.33. The number of ether oxygens (including phenoxy) is 1. The molecule has 0 amide bonds. The van der Waals surface area contributed by atoms with Crippen LogP contribution < -0.4 is 4.74 Å². The molecule has 106 valence electrons. The molecule has 8 heteroatoms. The van der Waals surface area contributed by atoms with Gasteiger partial charge in [0.1, 0.15) is 11.5 Å². The fourth-order valence-corrected chi connectivity index (χ4v) is 1.80. The van der Waals surface area contributed by atoms with Gasteiger partial charge in [0.05, 0.1) is 10.4 Å². The minimum absolute atomic E-state index is 0.346. The molecule has 0 aliphatic rings. The van der Waals surface area contributed by atoms with E-state index in [4.69, 9.17) is 0 Å². The normalized spacial score (nSPS) is 13.5. The molecule has 1 rings (SSSR count). The molecule has 1 aromatic carbocycles.